The molecule has 0 spiro atoms. The fourth-order valence-electron chi connectivity index (χ4n) is 4.32. The molecule has 4 rings (SSSR count). The van der Waals surface area contributed by atoms with Gasteiger partial charge >= 0.3 is 0 Å². The normalized spacial score (nSPS) is 14.7. The topological polar surface area (TPSA) is 84.3 Å². The summed E-state index contributed by atoms with van der Waals surface area (Å²) in [6, 6.07) is 10.0. The lowest BCUT2D eigenvalue weighted by atomic mass is 10.1. The first-order valence-electron chi connectivity index (χ1n) is 11.8. The van der Waals surface area contributed by atoms with Crippen molar-refractivity contribution in [3.8, 4) is 0 Å². The number of sulfonamides is 1. The zero-order valence-corrected chi connectivity index (χ0v) is 20.5. The van der Waals surface area contributed by atoms with Crippen LogP contribution in [0.1, 0.15) is 49.6 Å². The van der Waals surface area contributed by atoms with E-state index in [9.17, 15) is 17.6 Å². The minimum atomic E-state index is -3.52. The minimum Gasteiger partial charge on any atom is -0.352 e. The molecule has 0 saturated carbocycles. The van der Waals surface area contributed by atoms with E-state index >= 15 is 0 Å². The number of nitrogens with one attached hydrogen (secondary N) is 1. The molecule has 2 aromatic carbocycles. The lowest BCUT2D eigenvalue weighted by Gasteiger charge is -2.15. The number of benzene rings is 2. The number of carbonyl (C=O) groups is 1. The van der Waals surface area contributed by atoms with Crippen LogP contribution >= 0.6 is 0 Å². The molecule has 0 bridgehead atoms. The monoisotopic (exact) mass is 486 g/mol. The number of amides is 1. The molecule has 1 fully saturated rings. The Labute approximate surface area is 200 Å². The smallest absolute Gasteiger partial charge is 0.243 e. The number of carbonyl (C=O) groups excluding carboxylic acids is 1. The van der Waals surface area contributed by atoms with Crippen LogP contribution in [-0.4, -0.2) is 41.3 Å². The number of hydrogen-bond acceptors (Lipinski definition) is 4. The number of fused-ring (bicyclic) bond motifs is 1. The zero-order chi connectivity index (χ0) is 24.3. The van der Waals surface area contributed by atoms with Crippen LogP contribution in [0.25, 0.3) is 11.0 Å². The summed E-state index contributed by atoms with van der Waals surface area (Å²) >= 11 is 0. The van der Waals surface area contributed by atoms with E-state index in [1.807, 2.05) is 6.07 Å². The molecule has 1 aromatic heterocycles. The molecule has 1 N–H and O–H groups in total. The van der Waals surface area contributed by atoms with E-state index in [2.05, 4.69) is 16.8 Å². The molecule has 0 atom stereocenters. The Hall–Kier alpha value is -2.78. The Bertz CT molecular complexity index is 1300. The highest BCUT2D eigenvalue weighted by Crippen LogP contribution is 2.26. The molecule has 0 unspecified atom stereocenters. The summed E-state index contributed by atoms with van der Waals surface area (Å²) in [6.45, 7) is 5.87. The van der Waals surface area contributed by atoms with Crippen molar-refractivity contribution < 1.29 is 17.6 Å². The highest BCUT2D eigenvalue weighted by atomic mass is 32.2. The molecule has 3 aromatic rings. The Balaban J connectivity index is 1.48. The maximum absolute atomic E-state index is 13.7. The summed E-state index contributed by atoms with van der Waals surface area (Å²) in [5.41, 5.74) is 2.77. The molecule has 1 amide bonds. The highest BCUT2D eigenvalue weighted by molar-refractivity contribution is 7.89. The fourth-order valence-corrected chi connectivity index (χ4v) is 5.86. The summed E-state index contributed by atoms with van der Waals surface area (Å²) in [7, 11) is -3.52. The third-order valence-electron chi connectivity index (χ3n) is 6.25. The van der Waals surface area contributed by atoms with Gasteiger partial charge in [-0.2, -0.15) is 4.31 Å². The average Bonchev–Trinajstić information content (AvgIpc) is 3.47. The van der Waals surface area contributed by atoms with Crippen LogP contribution in [0.15, 0.2) is 41.3 Å². The molecule has 1 saturated heterocycles. The number of hydrogen-bond donors (Lipinski definition) is 1. The summed E-state index contributed by atoms with van der Waals surface area (Å²) in [4.78, 5) is 17.4. The maximum atomic E-state index is 13.7. The maximum Gasteiger partial charge on any atom is 0.243 e. The lowest BCUT2D eigenvalue weighted by Crippen LogP contribution is -2.27. The van der Waals surface area contributed by atoms with E-state index in [0.29, 0.717) is 36.2 Å². The molecule has 34 heavy (non-hydrogen) atoms. The molecular formula is C25H31FN4O3S. The van der Waals surface area contributed by atoms with Gasteiger partial charge in [0.2, 0.25) is 15.9 Å². The second-order valence-electron chi connectivity index (χ2n) is 8.80. The Morgan fingerprint density at radius 2 is 1.91 bits per heavy atom. The second-order valence-corrected chi connectivity index (χ2v) is 10.7. The quantitative estimate of drug-likeness (QED) is 0.497. The van der Waals surface area contributed by atoms with E-state index in [0.717, 1.165) is 37.1 Å². The van der Waals surface area contributed by atoms with Gasteiger partial charge in [-0.1, -0.05) is 19.1 Å². The molecule has 2 heterocycles. The number of aromatic nitrogens is 2. The molecular weight excluding hydrogens is 455 g/mol. The van der Waals surface area contributed by atoms with Crippen LogP contribution in [0.4, 0.5) is 4.39 Å². The van der Waals surface area contributed by atoms with Gasteiger partial charge in [-0.15, -0.1) is 0 Å². The first-order chi connectivity index (χ1) is 16.3. The molecule has 0 aliphatic carbocycles. The van der Waals surface area contributed by atoms with Crippen LogP contribution < -0.4 is 5.32 Å². The van der Waals surface area contributed by atoms with E-state index < -0.39 is 10.0 Å². The zero-order valence-electron chi connectivity index (χ0n) is 19.7. The fraction of sp³-hybridized carbons (Fsp3) is 0.440. The van der Waals surface area contributed by atoms with Gasteiger partial charge in [-0.05, 0) is 61.6 Å². The van der Waals surface area contributed by atoms with E-state index in [-0.39, 0.29) is 29.6 Å². The first-order valence-corrected chi connectivity index (χ1v) is 13.2. The SMILES string of the molecule is CCCn1c(CCC(=O)NCc2ccc(C)c(F)c2)nc2cc(S(=O)(=O)N3CCCC3)ccc21. The first kappa shape index (κ1) is 24.3. The molecule has 1 aliphatic rings. The van der Waals surface area contributed by atoms with Crippen LogP contribution in [0, 0.1) is 12.7 Å². The number of halogens is 1. The average molecular weight is 487 g/mol. The number of aryl methyl sites for hydroxylation is 3. The Kier molecular flexibility index (Phi) is 7.33. The summed E-state index contributed by atoms with van der Waals surface area (Å²) in [5.74, 6) is 0.323. The third kappa shape index (κ3) is 5.15. The molecule has 9 heteroatoms. The van der Waals surface area contributed by atoms with Gasteiger partial charge in [0.15, 0.2) is 0 Å². The van der Waals surface area contributed by atoms with Crippen molar-refractivity contribution in [3.05, 3.63) is 59.2 Å². The molecule has 1 aliphatic heterocycles. The standard InChI is InChI=1S/C25H31FN4O3S/c1-3-12-30-23-9-8-20(34(32,33)29-13-4-5-14-29)16-22(23)28-24(30)10-11-25(31)27-17-19-7-6-18(2)21(26)15-19/h6-9,15-16H,3-5,10-14,17H2,1-2H3,(H,27,31). The van der Waals surface area contributed by atoms with Gasteiger partial charge in [0.05, 0.1) is 15.9 Å². The predicted molar refractivity (Wildman–Crippen MR) is 129 cm³/mol. The summed E-state index contributed by atoms with van der Waals surface area (Å²) in [6.07, 6.45) is 3.32. The predicted octanol–water partition coefficient (Wildman–Crippen LogP) is 3.93. The van der Waals surface area contributed by atoms with Crippen molar-refractivity contribution in [3.63, 3.8) is 0 Å². The summed E-state index contributed by atoms with van der Waals surface area (Å²) < 4.78 is 43.2. The molecule has 182 valence electrons. The molecule has 7 nitrogen and oxygen atoms in total. The highest BCUT2D eigenvalue weighted by Gasteiger charge is 2.27. The Morgan fingerprint density at radius 3 is 2.62 bits per heavy atom. The van der Waals surface area contributed by atoms with Gasteiger partial charge < -0.3 is 9.88 Å². The van der Waals surface area contributed by atoms with E-state index in [1.165, 1.54) is 10.4 Å². The van der Waals surface area contributed by atoms with Crippen LogP contribution in [0.3, 0.4) is 0 Å². The lowest BCUT2D eigenvalue weighted by molar-refractivity contribution is -0.121. The summed E-state index contributed by atoms with van der Waals surface area (Å²) in [5, 5.41) is 2.83. The minimum absolute atomic E-state index is 0.145. The van der Waals surface area contributed by atoms with E-state index in [1.54, 1.807) is 31.2 Å². The third-order valence-corrected chi connectivity index (χ3v) is 8.15. The van der Waals surface area contributed by atoms with Crippen molar-refractivity contribution in [2.24, 2.45) is 0 Å². The van der Waals surface area contributed by atoms with Crippen LogP contribution in [0.2, 0.25) is 0 Å². The van der Waals surface area contributed by atoms with Crippen molar-refractivity contribution in [2.75, 3.05) is 13.1 Å². The second kappa shape index (κ2) is 10.2. The van der Waals surface area contributed by atoms with Crippen molar-refractivity contribution in [2.45, 2.75) is 63.9 Å². The number of imidazole rings is 1. The van der Waals surface area contributed by atoms with Gasteiger partial charge in [-0.3, -0.25) is 4.79 Å². The van der Waals surface area contributed by atoms with Gasteiger partial charge in [0.1, 0.15) is 11.6 Å². The van der Waals surface area contributed by atoms with E-state index in [4.69, 9.17) is 4.98 Å². The van der Waals surface area contributed by atoms with Gasteiger partial charge in [-0.25, -0.2) is 17.8 Å². The largest absolute Gasteiger partial charge is 0.352 e. The number of rotatable bonds is 9. The van der Waals surface area contributed by atoms with Crippen molar-refractivity contribution in [1.29, 1.82) is 0 Å². The van der Waals surface area contributed by atoms with Crippen LogP contribution in [-0.2, 0) is 34.3 Å². The van der Waals surface area contributed by atoms with Crippen LogP contribution in [0.5, 0.6) is 0 Å². The molecule has 0 radical (unpaired) electrons. The number of nitrogens with zero attached hydrogens (tertiary/aromatic N) is 3. The van der Waals surface area contributed by atoms with Crippen molar-refractivity contribution in [1.82, 2.24) is 19.2 Å². The Morgan fingerprint density at radius 1 is 1.15 bits per heavy atom. The van der Waals surface area contributed by atoms with Gasteiger partial charge in [0, 0.05) is 39.0 Å². The van der Waals surface area contributed by atoms with Crippen molar-refractivity contribution >= 4 is 27.0 Å². The van der Waals surface area contributed by atoms with Gasteiger partial charge in [0.25, 0.3) is 0 Å².